The fraction of sp³-hybridized carbons (Fsp3) is 0.111. The van der Waals surface area contributed by atoms with Crippen LogP contribution < -0.4 is 5.32 Å². The number of thiazole rings is 1. The fourth-order valence-electron chi connectivity index (χ4n) is 1.03. The largest absolute Gasteiger partial charge is 0.379 e. The number of halogens is 1. The van der Waals surface area contributed by atoms with E-state index in [2.05, 4.69) is 15.3 Å². The van der Waals surface area contributed by atoms with Crippen LogP contribution in [0, 0.1) is 0 Å². The SMILES string of the molecule is Clc1cnccc1NCc1cncs1. The average molecular weight is 226 g/mol. The predicted octanol–water partition coefficient (Wildman–Crippen LogP) is 2.80. The van der Waals surface area contributed by atoms with Crippen molar-refractivity contribution in [2.24, 2.45) is 0 Å². The first-order valence-electron chi connectivity index (χ1n) is 4.07. The number of hydrogen-bond donors (Lipinski definition) is 1. The van der Waals surface area contributed by atoms with Crippen LogP contribution in [0.4, 0.5) is 5.69 Å². The zero-order valence-electron chi connectivity index (χ0n) is 7.27. The summed E-state index contributed by atoms with van der Waals surface area (Å²) < 4.78 is 0. The van der Waals surface area contributed by atoms with Crippen molar-refractivity contribution in [3.63, 3.8) is 0 Å². The molecule has 2 heterocycles. The molecule has 0 saturated carbocycles. The molecule has 2 aromatic rings. The lowest BCUT2D eigenvalue weighted by atomic mass is 10.4. The summed E-state index contributed by atoms with van der Waals surface area (Å²) in [5.41, 5.74) is 2.71. The zero-order chi connectivity index (χ0) is 9.80. The molecule has 5 heteroatoms. The molecule has 72 valence electrons. The summed E-state index contributed by atoms with van der Waals surface area (Å²) in [6.45, 7) is 0.744. The third-order valence-corrected chi connectivity index (χ3v) is 2.79. The highest BCUT2D eigenvalue weighted by Gasteiger charge is 1.99. The van der Waals surface area contributed by atoms with Crippen LogP contribution in [-0.2, 0) is 6.54 Å². The van der Waals surface area contributed by atoms with Gasteiger partial charge in [-0.25, -0.2) is 0 Å². The lowest BCUT2D eigenvalue weighted by Gasteiger charge is -2.05. The number of aromatic nitrogens is 2. The van der Waals surface area contributed by atoms with E-state index in [0.717, 1.165) is 12.2 Å². The molecule has 2 aromatic heterocycles. The van der Waals surface area contributed by atoms with E-state index in [4.69, 9.17) is 11.6 Å². The van der Waals surface area contributed by atoms with E-state index >= 15 is 0 Å². The maximum Gasteiger partial charge on any atom is 0.0820 e. The molecule has 0 atom stereocenters. The van der Waals surface area contributed by atoms with Crippen LogP contribution >= 0.6 is 22.9 Å². The van der Waals surface area contributed by atoms with Crippen LogP contribution in [0.5, 0.6) is 0 Å². The topological polar surface area (TPSA) is 37.8 Å². The van der Waals surface area contributed by atoms with Gasteiger partial charge < -0.3 is 5.32 Å². The minimum atomic E-state index is 0.636. The van der Waals surface area contributed by atoms with Crippen molar-refractivity contribution in [2.75, 3.05) is 5.32 Å². The van der Waals surface area contributed by atoms with Gasteiger partial charge in [0.2, 0.25) is 0 Å². The summed E-state index contributed by atoms with van der Waals surface area (Å²) in [5, 5.41) is 3.85. The maximum absolute atomic E-state index is 5.93. The summed E-state index contributed by atoms with van der Waals surface area (Å²) in [6, 6.07) is 1.85. The molecule has 0 aliphatic carbocycles. The van der Waals surface area contributed by atoms with Crippen LogP contribution in [0.15, 0.2) is 30.2 Å². The smallest absolute Gasteiger partial charge is 0.0820 e. The van der Waals surface area contributed by atoms with Gasteiger partial charge in [-0.3, -0.25) is 9.97 Å². The molecule has 0 aliphatic heterocycles. The van der Waals surface area contributed by atoms with E-state index < -0.39 is 0 Å². The number of pyridine rings is 1. The van der Waals surface area contributed by atoms with Gasteiger partial charge in [0, 0.05) is 23.5 Å². The standard InChI is InChI=1S/C9H8ClN3S/c10-8-5-11-2-1-9(8)13-4-7-3-12-6-14-7/h1-3,5-6H,4H2,(H,11,13). The Kier molecular flexibility index (Phi) is 2.96. The van der Waals surface area contributed by atoms with Crippen LogP contribution in [0.2, 0.25) is 5.02 Å². The molecule has 0 unspecified atom stereocenters. The Hall–Kier alpha value is -1.13. The Morgan fingerprint density at radius 3 is 3.00 bits per heavy atom. The van der Waals surface area contributed by atoms with Crippen LogP contribution in [-0.4, -0.2) is 9.97 Å². The monoisotopic (exact) mass is 225 g/mol. The van der Waals surface area contributed by atoms with E-state index in [9.17, 15) is 0 Å². The Bertz CT molecular complexity index is 402. The van der Waals surface area contributed by atoms with E-state index in [-0.39, 0.29) is 0 Å². The predicted molar refractivity (Wildman–Crippen MR) is 58.7 cm³/mol. The van der Waals surface area contributed by atoms with Gasteiger partial charge in [0.05, 0.1) is 22.8 Å². The zero-order valence-corrected chi connectivity index (χ0v) is 8.85. The molecule has 0 saturated heterocycles. The van der Waals surface area contributed by atoms with Gasteiger partial charge in [-0.15, -0.1) is 11.3 Å². The molecular weight excluding hydrogens is 218 g/mol. The van der Waals surface area contributed by atoms with Crippen LogP contribution in [0.25, 0.3) is 0 Å². The quantitative estimate of drug-likeness (QED) is 0.873. The first kappa shape index (κ1) is 9.43. The van der Waals surface area contributed by atoms with Crippen molar-refractivity contribution in [2.45, 2.75) is 6.54 Å². The minimum Gasteiger partial charge on any atom is -0.379 e. The molecule has 0 radical (unpaired) electrons. The lowest BCUT2D eigenvalue weighted by Crippen LogP contribution is -1.97. The van der Waals surface area contributed by atoms with Crippen molar-refractivity contribution >= 4 is 28.6 Å². The number of rotatable bonds is 3. The summed E-state index contributed by atoms with van der Waals surface area (Å²) >= 11 is 7.54. The first-order chi connectivity index (χ1) is 6.86. The molecule has 0 bridgehead atoms. The molecule has 0 fully saturated rings. The van der Waals surface area contributed by atoms with Crippen LogP contribution in [0.1, 0.15) is 4.88 Å². The highest BCUT2D eigenvalue weighted by Crippen LogP contribution is 2.20. The number of nitrogens with zero attached hydrogens (tertiary/aromatic N) is 2. The molecule has 0 spiro atoms. The Labute approximate surface area is 90.8 Å². The van der Waals surface area contributed by atoms with Crippen molar-refractivity contribution < 1.29 is 0 Å². The highest BCUT2D eigenvalue weighted by atomic mass is 35.5. The molecular formula is C9H8ClN3S. The van der Waals surface area contributed by atoms with Gasteiger partial charge in [0.1, 0.15) is 0 Å². The highest BCUT2D eigenvalue weighted by molar-refractivity contribution is 7.09. The van der Waals surface area contributed by atoms with Crippen LogP contribution in [0.3, 0.4) is 0 Å². The molecule has 0 amide bonds. The number of anilines is 1. The summed E-state index contributed by atoms with van der Waals surface area (Å²) in [4.78, 5) is 9.08. The molecule has 0 aromatic carbocycles. The maximum atomic E-state index is 5.93. The second-order valence-electron chi connectivity index (χ2n) is 2.68. The van der Waals surface area contributed by atoms with Crippen molar-refractivity contribution in [3.05, 3.63) is 40.1 Å². The van der Waals surface area contributed by atoms with E-state index in [1.165, 1.54) is 4.88 Å². The number of hydrogen-bond acceptors (Lipinski definition) is 4. The van der Waals surface area contributed by atoms with Gasteiger partial charge in [-0.05, 0) is 6.07 Å². The average Bonchev–Trinajstić information content (AvgIpc) is 2.69. The molecule has 2 rings (SSSR count). The van der Waals surface area contributed by atoms with E-state index in [0.29, 0.717) is 5.02 Å². The van der Waals surface area contributed by atoms with Gasteiger partial charge in [0.25, 0.3) is 0 Å². The van der Waals surface area contributed by atoms with Gasteiger partial charge in [-0.1, -0.05) is 11.6 Å². The number of nitrogens with one attached hydrogen (secondary N) is 1. The summed E-state index contributed by atoms with van der Waals surface area (Å²) in [5.74, 6) is 0. The lowest BCUT2D eigenvalue weighted by molar-refractivity contribution is 1.17. The Morgan fingerprint density at radius 1 is 1.36 bits per heavy atom. The first-order valence-corrected chi connectivity index (χ1v) is 5.33. The second-order valence-corrected chi connectivity index (χ2v) is 4.05. The minimum absolute atomic E-state index is 0.636. The normalized spacial score (nSPS) is 10.1. The molecule has 0 aliphatic rings. The molecule has 3 nitrogen and oxygen atoms in total. The Balaban J connectivity index is 2.02. The fourth-order valence-corrected chi connectivity index (χ4v) is 1.75. The van der Waals surface area contributed by atoms with Crippen molar-refractivity contribution in [1.29, 1.82) is 0 Å². The van der Waals surface area contributed by atoms with Gasteiger partial charge in [0.15, 0.2) is 0 Å². The summed E-state index contributed by atoms with van der Waals surface area (Å²) in [6.07, 6.45) is 5.17. The van der Waals surface area contributed by atoms with Gasteiger partial charge in [-0.2, -0.15) is 0 Å². The van der Waals surface area contributed by atoms with Crippen molar-refractivity contribution in [1.82, 2.24) is 9.97 Å². The third kappa shape index (κ3) is 2.21. The second kappa shape index (κ2) is 4.39. The van der Waals surface area contributed by atoms with Gasteiger partial charge >= 0.3 is 0 Å². The van der Waals surface area contributed by atoms with E-state index in [1.54, 1.807) is 23.7 Å². The molecule has 14 heavy (non-hydrogen) atoms. The summed E-state index contributed by atoms with van der Waals surface area (Å²) in [7, 11) is 0. The Morgan fingerprint density at radius 2 is 2.29 bits per heavy atom. The third-order valence-electron chi connectivity index (χ3n) is 1.71. The molecule has 1 N–H and O–H groups in total. The van der Waals surface area contributed by atoms with E-state index in [1.807, 2.05) is 17.8 Å². The van der Waals surface area contributed by atoms with Crippen molar-refractivity contribution in [3.8, 4) is 0 Å².